The van der Waals surface area contributed by atoms with E-state index in [1.54, 1.807) is 0 Å². The smallest absolute Gasteiger partial charge is 0.0363 e. The van der Waals surface area contributed by atoms with Gasteiger partial charge in [-0.2, -0.15) is 0 Å². The van der Waals surface area contributed by atoms with Crippen LogP contribution in [0.5, 0.6) is 0 Å². The summed E-state index contributed by atoms with van der Waals surface area (Å²) in [6.45, 7) is 3.11. The number of hydrogen-bond acceptors (Lipinski definition) is 1. The van der Waals surface area contributed by atoms with E-state index in [0.717, 1.165) is 13.0 Å². The lowest BCUT2D eigenvalue weighted by Gasteiger charge is -2.26. The van der Waals surface area contributed by atoms with Gasteiger partial charge in [-0.15, -0.1) is 0 Å². The van der Waals surface area contributed by atoms with Crippen LogP contribution in [0.2, 0.25) is 0 Å². The second-order valence-electron chi connectivity index (χ2n) is 4.82. The minimum absolute atomic E-state index is 0.463. The highest BCUT2D eigenvalue weighted by Gasteiger charge is 2.18. The summed E-state index contributed by atoms with van der Waals surface area (Å²) in [7, 11) is 0. The summed E-state index contributed by atoms with van der Waals surface area (Å²) >= 11 is 0. The van der Waals surface area contributed by atoms with E-state index in [9.17, 15) is 0 Å². The zero-order valence-electron chi connectivity index (χ0n) is 10.1. The van der Waals surface area contributed by atoms with Gasteiger partial charge in [-0.3, -0.25) is 0 Å². The number of rotatable bonds is 1. The molecule has 0 saturated heterocycles. The zero-order valence-corrected chi connectivity index (χ0v) is 10.1. The van der Waals surface area contributed by atoms with Gasteiger partial charge in [0.25, 0.3) is 0 Å². The lowest BCUT2D eigenvalue weighted by molar-refractivity contribution is 0.499. The van der Waals surface area contributed by atoms with Crippen molar-refractivity contribution in [1.82, 2.24) is 5.32 Å². The summed E-state index contributed by atoms with van der Waals surface area (Å²) in [4.78, 5) is 0. The van der Waals surface area contributed by atoms with Crippen molar-refractivity contribution in [2.45, 2.75) is 25.9 Å². The van der Waals surface area contributed by atoms with Crippen LogP contribution in [-0.2, 0) is 13.0 Å². The molecule has 1 atom stereocenters. The fourth-order valence-corrected chi connectivity index (χ4v) is 2.49. The summed E-state index contributed by atoms with van der Waals surface area (Å²) in [5.41, 5.74) is 5.64. The molecule has 1 heterocycles. The van der Waals surface area contributed by atoms with E-state index in [0.29, 0.717) is 6.04 Å². The minimum Gasteiger partial charge on any atom is -0.306 e. The SMILES string of the molecule is Cc1ccc([C@@H]2Cc3ccccc3CN2)cc1. The first-order valence-corrected chi connectivity index (χ1v) is 6.19. The third kappa shape index (κ3) is 2.11. The third-order valence-electron chi connectivity index (χ3n) is 3.56. The normalized spacial score (nSPS) is 18.8. The van der Waals surface area contributed by atoms with Gasteiger partial charge in [0.05, 0.1) is 0 Å². The highest BCUT2D eigenvalue weighted by molar-refractivity contribution is 5.33. The second-order valence-corrected chi connectivity index (χ2v) is 4.82. The topological polar surface area (TPSA) is 12.0 Å². The molecule has 0 amide bonds. The molecule has 0 aromatic heterocycles. The van der Waals surface area contributed by atoms with Crippen molar-refractivity contribution in [3.63, 3.8) is 0 Å². The Hall–Kier alpha value is -1.60. The molecule has 1 nitrogen and oxygen atoms in total. The van der Waals surface area contributed by atoms with Crippen molar-refractivity contribution in [3.8, 4) is 0 Å². The van der Waals surface area contributed by atoms with E-state index in [2.05, 4.69) is 60.8 Å². The van der Waals surface area contributed by atoms with Gasteiger partial charge in [-0.1, -0.05) is 54.1 Å². The van der Waals surface area contributed by atoms with Gasteiger partial charge in [0.1, 0.15) is 0 Å². The van der Waals surface area contributed by atoms with Crippen LogP contribution in [0, 0.1) is 6.92 Å². The molecule has 0 bridgehead atoms. The Balaban J connectivity index is 1.86. The van der Waals surface area contributed by atoms with Crippen molar-refractivity contribution < 1.29 is 0 Å². The monoisotopic (exact) mass is 223 g/mol. The van der Waals surface area contributed by atoms with Gasteiger partial charge in [0.2, 0.25) is 0 Å². The van der Waals surface area contributed by atoms with Crippen molar-refractivity contribution in [2.24, 2.45) is 0 Å². The summed E-state index contributed by atoms with van der Waals surface area (Å²) < 4.78 is 0. The molecule has 1 aliphatic heterocycles. The molecule has 0 saturated carbocycles. The average Bonchev–Trinajstić information content (AvgIpc) is 2.39. The van der Waals surface area contributed by atoms with Gasteiger partial charge < -0.3 is 5.32 Å². The molecule has 17 heavy (non-hydrogen) atoms. The first-order chi connectivity index (χ1) is 8.33. The maximum absolute atomic E-state index is 3.61. The van der Waals surface area contributed by atoms with Gasteiger partial charge in [0, 0.05) is 12.6 Å². The van der Waals surface area contributed by atoms with E-state index >= 15 is 0 Å². The predicted molar refractivity (Wildman–Crippen MR) is 70.9 cm³/mol. The second kappa shape index (κ2) is 4.34. The van der Waals surface area contributed by atoms with E-state index in [1.165, 1.54) is 22.3 Å². The summed E-state index contributed by atoms with van der Waals surface area (Å²) in [6.07, 6.45) is 1.10. The van der Waals surface area contributed by atoms with Crippen molar-refractivity contribution in [3.05, 3.63) is 70.8 Å². The largest absolute Gasteiger partial charge is 0.306 e. The number of benzene rings is 2. The van der Waals surface area contributed by atoms with Crippen LogP contribution in [0.3, 0.4) is 0 Å². The Morgan fingerprint density at radius 3 is 2.41 bits per heavy atom. The Morgan fingerprint density at radius 2 is 1.65 bits per heavy atom. The van der Waals surface area contributed by atoms with Crippen LogP contribution in [-0.4, -0.2) is 0 Å². The molecule has 1 N–H and O–H groups in total. The molecule has 2 aromatic rings. The zero-order chi connectivity index (χ0) is 11.7. The minimum atomic E-state index is 0.463. The molecule has 1 aliphatic rings. The number of hydrogen-bond donors (Lipinski definition) is 1. The summed E-state index contributed by atoms with van der Waals surface area (Å²) in [6, 6.07) is 18.0. The summed E-state index contributed by atoms with van der Waals surface area (Å²) in [5.74, 6) is 0. The maximum Gasteiger partial charge on any atom is 0.0363 e. The van der Waals surface area contributed by atoms with Crippen molar-refractivity contribution in [1.29, 1.82) is 0 Å². The van der Waals surface area contributed by atoms with Crippen molar-refractivity contribution >= 4 is 0 Å². The number of nitrogens with one attached hydrogen (secondary N) is 1. The highest BCUT2D eigenvalue weighted by atomic mass is 14.9. The molecule has 0 fully saturated rings. The lowest BCUT2D eigenvalue weighted by Crippen LogP contribution is -2.28. The van der Waals surface area contributed by atoms with Gasteiger partial charge in [-0.05, 0) is 30.0 Å². The van der Waals surface area contributed by atoms with Crippen LogP contribution >= 0.6 is 0 Å². The standard InChI is InChI=1S/C16H17N/c1-12-6-8-13(9-7-12)16-10-14-4-2-3-5-15(14)11-17-16/h2-9,16-17H,10-11H2,1H3/t16-/m0/s1. The number of fused-ring (bicyclic) bond motifs is 1. The van der Waals surface area contributed by atoms with Crippen LogP contribution in [0.1, 0.15) is 28.3 Å². The molecule has 0 spiro atoms. The molecule has 86 valence electrons. The fourth-order valence-electron chi connectivity index (χ4n) is 2.49. The highest BCUT2D eigenvalue weighted by Crippen LogP contribution is 2.25. The van der Waals surface area contributed by atoms with E-state index in [4.69, 9.17) is 0 Å². The van der Waals surface area contributed by atoms with Gasteiger partial charge >= 0.3 is 0 Å². The van der Waals surface area contributed by atoms with E-state index < -0.39 is 0 Å². The molecular weight excluding hydrogens is 206 g/mol. The Labute approximate surface area is 102 Å². The van der Waals surface area contributed by atoms with Gasteiger partial charge in [0.15, 0.2) is 0 Å². The van der Waals surface area contributed by atoms with Crippen LogP contribution in [0.25, 0.3) is 0 Å². The van der Waals surface area contributed by atoms with E-state index in [-0.39, 0.29) is 0 Å². The molecule has 0 unspecified atom stereocenters. The summed E-state index contributed by atoms with van der Waals surface area (Å²) in [5, 5.41) is 3.61. The molecule has 3 rings (SSSR count). The average molecular weight is 223 g/mol. The van der Waals surface area contributed by atoms with Crippen LogP contribution in [0.4, 0.5) is 0 Å². The first-order valence-electron chi connectivity index (χ1n) is 6.19. The quantitative estimate of drug-likeness (QED) is 0.781. The molecule has 2 aromatic carbocycles. The van der Waals surface area contributed by atoms with E-state index in [1.807, 2.05) is 0 Å². The Kier molecular flexibility index (Phi) is 2.69. The first kappa shape index (κ1) is 10.5. The van der Waals surface area contributed by atoms with Gasteiger partial charge in [-0.25, -0.2) is 0 Å². The fraction of sp³-hybridized carbons (Fsp3) is 0.250. The molecule has 0 aliphatic carbocycles. The number of aryl methyl sites for hydroxylation is 1. The Morgan fingerprint density at radius 1 is 0.941 bits per heavy atom. The predicted octanol–water partition coefficient (Wildman–Crippen LogP) is 3.38. The molecule has 1 heteroatoms. The third-order valence-corrected chi connectivity index (χ3v) is 3.56. The molecule has 0 radical (unpaired) electrons. The lowest BCUT2D eigenvalue weighted by atomic mass is 9.91. The maximum atomic E-state index is 3.61. The Bertz CT molecular complexity index is 513. The molecular formula is C16H17N. The van der Waals surface area contributed by atoms with Crippen LogP contribution < -0.4 is 5.32 Å². The van der Waals surface area contributed by atoms with Crippen molar-refractivity contribution in [2.75, 3.05) is 0 Å². The van der Waals surface area contributed by atoms with Crippen LogP contribution in [0.15, 0.2) is 48.5 Å².